The van der Waals surface area contributed by atoms with Crippen molar-refractivity contribution in [3.63, 3.8) is 0 Å². The number of likely N-dealkylation sites (N-methyl/N-ethyl adjacent to an activating group) is 1. The lowest BCUT2D eigenvalue weighted by Crippen LogP contribution is -2.39. The van der Waals surface area contributed by atoms with E-state index in [-0.39, 0.29) is 30.2 Å². The van der Waals surface area contributed by atoms with Gasteiger partial charge in [-0.15, -0.1) is 0 Å². The van der Waals surface area contributed by atoms with E-state index in [0.29, 0.717) is 30.2 Å². The quantitative estimate of drug-likeness (QED) is 0.865. The summed E-state index contributed by atoms with van der Waals surface area (Å²) < 4.78 is 5.38. The van der Waals surface area contributed by atoms with E-state index in [1.54, 1.807) is 6.92 Å². The van der Waals surface area contributed by atoms with Crippen LogP contribution in [-0.4, -0.2) is 48.2 Å². The summed E-state index contributed by atoms with van der Waals surface area (Å²) in [6.45, 7) is 2.52. The van der Waals surface area contributed by atoms with Crippen LogP contribution < -0.4 is 10.9 Å². The van der Waals surface area contributed by atoms with Gasteiger partial charge >= 0.3 is 5.63 Å². The maximum atomic E-state index is 12.5. The fraction of sp³-hybridized carbons (Fsp3) is 0.647. The highest BCUT2D eigenvalue weighted by molar-refractivity contribution is 5.95. The van der Waals surface area contributed by atoms with Gasteiger partial charge in [0, 0.05) is 24.5 Å². The van der Waals surface area contributed by atoms with Crippen LogP contribution in [0.2, 0.25) is 0 Å². The third kappa shape index (κ3) is 3.19. The van der Waals surface area contributed by atoms with Crippen molar-refractivity contribution in [1.82, 2.24) is 10.2 Å². The van der Waals surface area contributed by atoms with Gasteiger partial charge in [0.2, 0.25) is 0 Å². The van der Waals surface area contributed by atoms with Crippen LogP contribution in [-0.2, 0) is 0 Å². The molecule has 2 N–H and O–H groups in total. The van der Waals surface area contributed by atoms with Crippen LogP contribution in [0.4, 0.5) is 0 Å². The van der Waals surface area contributed by atoms with Gasteiger partial charge < -0.3 is 14.8 Å². The minimum absolute atomic E-state index is 0.0544. The topological polar surface area (TPSA) is 82.8 Å². The molecule has 6 nitrogen and oxygen atoms in total. The minimum atomic E-state index is -0.547. The average Bonchev–Trinajstić information content (AvgIpc) is 2.75. The van der Waals surface area contributed by atoms with Crippen LogP contribution in [0.5, 0.6) is 0 Å². The number of aliphatic hydroxyl groups excluding tert-OH is 1. The Hall–Kier alpha value is -1.66. The molecule has 126 valence electrons. The first-order valence-corrected chi connectivity index (χ1v) is 8.26. The highest BCUT2D eigenvalue weighted by Gasteiger charge is 2.31. The Morgan fingerprint density at radius 2 is 2.22 bits per heavy atom. The van der Waals surface area contributed by atoms with Gasteiger partial charge in [-0.2, -0.15) is 0 Å². The van der Waals surface area contributed by atoms with Crippen molar-refractivity contribution in [3.8, 4) is 0 Å². The summed E-state index contributed by atoms with van der Waals surface area (Å²) in [5.41, 5.74) is 0.225. The first-order chi connectivity index (χ1) is 11.0. The van der Waals surface area contributed by atoms with Gasteiger partial charge in [-0.05, 0) is 44.9 Å². The number of nitrogens with one attached hydrogen (secondary N) is 1. The predicted octanol–water partition coefficient (Wildman–Crippen LogP) is 1.01. The molecular formula is C17H24N2O4. The summed E-state index contributed by atoms with van der Waals surface area (Å²) in [6.07, 6.45) is 3.94. The number of likely N-dealkylation sites (tertiary alicyclic amines) is 1. The molecule has 0 spiro atoms. The Labute approximate surface area is 135 Å². The molecule has 0 aromatic carbocycles. The zero-order valence-electron chi connectivity index (χ0n) is 13.7. The monoisotopic (exact) mass is 320 g/mol. The third-order valence-electron chi connectivity index (χ3n) is 5.14. The minimum Gasteiger partial charge on any atom is -0.427 e. The first kappa shape index (κ1) is 16.2. The molecule has 2 heterocycles. The molecule has 1 saturated heterocycles. The second-order valence-electron chi connectivity index (χ2n) is 6.80. The van der Waals surface area contributed by atoms with E-state index in [9.17, 15) is 14.7 Å². The maximum Gasteiger partial charge on any atom is 0.349 e. The maximum absolute atomic E-state index is 12.5. The number of rotatable bonds is 4. The molecule has 1 aliphatic carbocycles. The Bertz CT molecular complexity index is 650. The van der Waals surface area contributed by atoms with E-state index in [0.717, 1.165) is 19.3 Å². The van der Waals surface area contributed by atoms with Crippen molar-refractivity contribution < 1.29 is 14.3 Å². The summed E-state index contributed by atoms with van der Waals surface area (Å²) in [7, 11) is 1.92. The van der Waals surface area contributed by atoms with Crippen molar-refractivity contribution in [3.05, 3.63) is 33.4 Å². The number of nitrogens with zero attached hydrogens (tertiary/aromatic N) is 1. The molecule has 1 saturated carbocycles. The van der Waals surface area contributed by atoms with E-state index in [2.05, 4.69) is 5.32 Å². The van der Waals surface area contributed by atoms with Crippen molar-refractivity contribution in [1.29, 1.82) is 0 Å². The number of carbonyl (C=O) groups excluding carboxylic acids is 1. The fourth-order valence-electron chi connectivity index (χ4n) is 3.46. The van der Waals surface area contributed by atoms with Crippen LogP contribution in [0.1, 0.15) is 53.3 Å². The molecule has 1 aromatic heterocycles. The van der Waals surface area contributed by atoms with Gasteiger partial charge in [0.1, 0.15) is 11.3 Å². The Balaban J connectivity index is 1.73. The van der Waals surface area contributed by atoms with E-state index in [1.807, 2.05) is 18.0 Å². The van der Waals surface area contributed by atoms with Crippen molar-refractivity contribution in [2.75, 3.05) is 20.2 Å². The van der Waals surface area contributed by atoms with Crippen molar-refractivity contribution >= 4 is 5.91 Å². The molecule has 23 heavy (non-hydrogen) atoms. The lowest BCUT2D eigenvalue weighted by Gasteiger charge is -2.24. The van der Waals surface area contributed by atoms with Gasteiger partial charge in [-0.25, -0.2) is 4.79 Å². The predicted molar refractivity (Wildman–Crippen MR) is 85.7 cm³/mol. The van der Waals surface area contributed by atoms with Crippen molar-refractivity contribution in [2.45, 2.75) is 50.6 Å². The second-order valence-corrected chi connectivity index (χ2v) is 6.80. The lowest BCUT2D eigenvalue weighted by atomic mass is 9.83. The number of hydrogen-bond donors (Lipinski definition) is 2. The zero-order valence-corrected chi connectivity index (χ0v) is 13.7. The standard InChI is InChI=1S/C17H24N2O4/c1-10-6-14(11-4-3-5-11)23-17(22)15(10)16(21)18-12-7-13(9-20)19(2)8-12/h6,11-13,20H,3-5,7-9H2,1-2H3,(H,18,21)/t12-,13+/m1/s1. The van der Waals surface area contributed by atoms with E-state index in [1.165, 1.54) is 0 Å². The fourth-order valence-corrected chi connectivity index (χ4v) is 3.46. The van der Waals surface area contributed by atoms with E-state index in [4.69, 9.17) is 4.42 Å². The number of hydrogen-bond acceptors (Lipinski definition) is 5. The first-order valence-electron chi connectivity index (χ1n) is 8.26. The normalized spacial score (nSPS) is 25.3. The summed E-state index contributed by atoms with van der Waals surface area (Å²) in [6, 6.07) is 1.82. The van der Waals surface area contributed by atoms with Crippen LogP contribution in [0.3, 0.4) is 0 Å². The Morgan fingerprint density at radius 1 is 1.48 bits per heavy atom. The number of aliphatic hydroxyl groups is 1. The molecule has 1 amide bonds. The molecule has 1 aliphatic heterocycles. The number of amides is 1. The molecule has 0 unspecified atom stereocenters. The van der Waals surface area contributed by atoms with Crippen LogP contribution in [0.25, 0.3) is 0 Å². The Morgan fingerprint density at radius 3 is 2.74 bits per heavy atom. The zero-order chi connectivity index (χ0) is 16.6. The molecule has 1 aromatic rings. The van der Waals surface area contributed by atoms with Gasteiger partial charge in [0.05, 0.1) is 6.61 Å². The van der Waals surface area contributed by atoms with Gasteiger partial charge in [0.25, 0.3) is 5.91 Å². The summed E-state index contributed by atoms with van der Waals surface area (Å²) in [5, 5.41) is 12.2. The molecular weight excluding hydrogens is 296 g/mol. The van der Waals surface area contributed by atoms with Gasteiger partial charge in [0.15, 0.2) is 0 Å². The van der Waals surface area contributed by atoms with Crippen LogP contribution in [0.15, 0.2) is 15.3 Å². The molecule has 2 fully saturated rings. The molecule has 0 radical (unpaired) electrons. The van der Waals surface area contributed by atoms with Crippen LogP contribution >= 0.6 is 0 Å². The average molecular weight is 320 g/mol. The highest BCUT2D eigenvalue weighted by atomic mass is 16.4. The molecule has 2 atom stereocenters. The molecule has 3 rings (SSSR count). The van der Waals surface area contributed by atoms with Gasteiger partial charge in [-0.1, -0.05) is 6.42 Å². The SMILES string of the molecule is Cc1cc(C2CCC2)oc(=O)c1C(=O)N[C@@H]1C[C@@H](CO)N(C)C1. The summed E-state index contributed by atoms with van der Waals surface area (Å²) in [4.78, 5) is 26.7. The lowest BCUT2D eigenvalue weighted by molar-refractivity contribution is 0.0932. The smallest absolute Gasteiger partial charge is 0.349 e. The third-order valence-corrected chi connectivity index (χ3v) is 5.14. The Kier molecular flexibility index (Phi) is 4.55. The van der Waals surface area contributed by atoms with E-state index < -0.39 is 5.63 Å². The largest absolute Gasteiger partial charge is 0.427 e. The number of carbonyl (C=O) groups is 1. The summed E-state index contributed by atoms with van der Waals surface area (Å²) in [5.74, 6) is 0.650. The van der Waals surface area contributed by atoms with Crippen LogP contribution in [0, 0.1) is 6.92 Å². The molecule has 0 bridgehead atoms. The summed E-state index contributed by atoms with van der Waals surface area (Å²) >= 11 is 0. The van der Waals surface area contributed by atoms with Crippen molar-refractivity contribution in [2.24, 2.45) is 0 Å². The number of aryl methyl sites for hydroxylation is 1. The van der Waals surface area contributed by atoms with Gasteiger partial charge in [-0.3, -0.25) is 9.69 Å². The highest BCUT2D eigenvalue weighted by Crippen LogP contribution is 2.36. The molecule has 2 aliphatic rings. The molecule has 6 heteroatoms. The van der Waals surface area contributed by atoms with E-state index >= 15 is 0 Å². The second kappa shape index (κ2) is 6.45.